The Morgan fingerprint density at radius 3 is 2.32 bits per heavy atom. The molecule has 0 saturated carbocycles. The Balaban J connectivity index is 1.74. The van der Waals surface area contributed by atoms with Crippen molar-refractivity contribution in [3.63, 3.8) is 0 Å². The van der Waals surface area contributed by atoms with Gasteiger partial charge in [-0.3, -0.25) is 9.59 Å². The van der Waals surface area contributed by atoms with Crippen LogP contribution in [0.4, 0.5) is 0 Å². The van der Waals surface area contributed by atoms with Crippen molar-refractivity contribution in [1.29, 1.82) is 0 Å². The van der Waals surface area contributed by atoms with Crippen LogP contribution in [0.25, 0.3) is 22.3 Å². The van der Waals surface area contributed by atoms with Gasteiger partial charge in [-0.05, 0) is 64.1 Å². The summed E-state index contributed by atoms with van der Waals surface area (Å²) in [4.78, 5) is 25.5. The molecule has 0 spiro atoms. The highest BCUT2D eigenvalue weighted by Gasteiger charge is 2.38. The topological polar surface area (TPSA) is 34.1 Å². The molecule has 0 amide bonds. The highest BCUT2D eigenvalue weighted by atomic mass is 16.1. The summed E-state index contributed by atoms with van der Waals surface area (Å²) in [5.41, 5.74) is 8.83. The lowest BCUT2D eigenvalue weighted by atomic mass is 9.81. The van der Waals surface area contributed by atoms with E-state index in [1.165, 1.54) is 22.3 Å². The monoisotopic (exact) mass is 366 g/mol. The number of hydrogen-bond acceptors (Lipinski definition) is 2. The molecule has 2 aliphatic carbocycles. The van der Waals surface area contributed by atoms with Crippen molar-refractivity contribution in [3.8, 4) is 22.3 Å². The largest absolute Gasteiger partial charge is 0.294 e. The molecule has 3 aromatic rings. The van der Waals surface area contributed by atoms with Gasteiger partial charge in [0.1, 0.15) is 0 Å². The molecule has 0 bridgehead atoms. The van der Waals surface area contributed by atoms with Crippen molar-refractivity contribution in [3.05, 3.63) is 82.4 Å². The standard InChI is InChI=1S/C26H22O2/c1-4-7-24(27)15-10-11-17-18(12-15)19-13-20-16-8-5-6-9-22(16)26(2,3)23(20)14-21(19)25(17)28/h5-6,8-14H,4,7H2,1-3H3. The molecule has 0 aromatic heterocycles. The van der Waals surface area contributed by atoms with E-state index in [4.69, 9.17) is 0 Å². The highest BCUT2D eigenvalue weighted by molar-refractivity contribution is 6.23. The Bertz CT molecular complexity index is 1180. The molecule has 0 aliphatic heterocycles. The first kappa shape index (κ1) is 17.1. The van der Waals surface area contributed by atoms with E-state index in [-0.39, 0.29) is 17.0 Å². The number of benzene rings is 3. The number of rotatable bonds is 3. The molecule has 0 unspecified atom stereocenters. The molecule has 2 nitrogen and oxygen atoms in total. The minimum absolute atomic E-state index is 0.0639. The van der Waals surface area contributed by atoms with Gasteiger partial charge in [0.2, 0.25) is 0 Å². The van der Waals surface area contributed by atoms with Gasteiger partial charge in [0.05, 0.1) is 0 Å². The fourth-order valence-electron chi connectivity index (χ4n) is 4.81. The van der Waals surface area contributed by atoms with Gasteiger partial charge in [-0.2, -0.15) is 0 Å². The van der Waals surface area contributed by atoms with E-state index in [0.29, 0.717) is 17.5 Å². The molecular formula is C26H22O2. The van der Waals surface area contributed by atoms with E-state index in [1.54, 1.807) is 6.07 Å². The van der Waals surface area contributed by atoms with Crippen LogP contribution in [0, 0.1) is 0 Å². The van der Waals surface area contributed by atoms with Crippen molar-refractivity contribution in [2.75, 3.05) is 0 Å². The van der Waals surface area contributed by atoms with E-state index < -0.39 is 0 Å². The number of carbonyl (C=O) groups is 2. The first-order valence-corrected chi connectivity index (χ1v) is 9.94. The maximum Gasteiger partial charge on any atom is 0.194 e. The fourth-order valence-corrected chi connectivity index (χ4v) is 4.81. The Kier molecular flexibility index (Phi) is 3.51. The van der Waals surface area contributed by atoms with Gasteiger partial charge >= 0.3 is 0 Å². The number of fused-ring (bicyclic) bond motifs is 6. The second-order valence-electron chi connectivity index (χ2n) is 8.38. The van der Waals surface area contributed by atoms with Crippen LogP contribution in [0.1, 0.15) is 71.0 Å². The quantitative estimate of drug-likeness (QED) is 0.405. The van der Waals surface area contributed by atoms with E-state index in [1.807, 2.05) is 19.1 Å². The molecule has 2 heteroatoms. The van der Waals surface area contributed by atoms with Gasteiger partial charge in [0, 0.05) is 28.5 Å². The third kappa shape index (κ3) is 2.15. The first-order valence-electron chi connectivity index (χ1n) is 9.94. The molecule has 0 radical (unpaired) electrons. The van der Waals surface area contributed by atoms with Gasteiger partial charge in [-0.25, -0.2) is 0 Å². The van der Waals surface area contributed by atoms with Crippen molar-refractivity contribution < 1.29 is 9.59 Å². The molecule has 0 atom stereocenters. The van der Waals surface area contributed by atoms with Crippen molar-refractivity contribution >= 4 is 11.6 Å². The maximum atomic E-state index is 13.1. The highest BCUT2D eigenvalue weighted by Crippen LogP contribution is 2.52. The summed E-state index contributed by atoms with van der Waals surface area (Å²) in [5, 5.41) is 0. The first-order chi connectivity index (χ1) is 13.4. The predicted molar refractivity (Wildman–Crippen MR) is 112 cm³/mol. The molecule has 0 saturated heterocycles. The molecule has 3 aromatic carbocycles. The SMILES string of the molecule is CCCC(=O)c1ccc2c(c1)-c1cc3c(cc1C2=O)C(C)(C)c1ccccc1-3. The Morgan fingerprint density at radius 2 is 1.54 bits per heavy atom. The van der Waals surface area contributed by atoms with Gasteiger partial charge in [0.25, 0.3) is 0 Å². The molecule has 5 rings (SSSR count). The van der Waals surface area contributed by atoms with Crippen LogP contribution in [-0.2, 0) is 5.41 Å². The molecule has 0 fully saturated rings. The van der Waals surface area contributed by atoms with Crippen LogP contribution >= 0.6 is 0 Å². The van der Waals surface area contributed by atoms with Crippen LogP contribution in [0.15, 0.2) is 54.6 Å². The van der Waals surface area contributed by atoms with E-state index in [0.717, 1.165) is 23.1 Å². The van der Waals surface area contributed by atoms with Gasteiger partial charge < -0.3 is 0 Å². The van der Waals surface area contributed by atoms with E-state index in [2.05, 4.69) is 50.2 Å². The van der Waals surface area contributed by atoms with E-state index >= 15 is 0 Å². The minimum Gasteiger partial charge on any atom is -0.294 e. The second-order valence-corrected chi connectivity index (χ2v) is 8.38. The molecule has 0 heterocycles. The third-order valence-corrected chi connectivity index (χ3v) is 6.32. The zero-order chi connectivity index (χ0) is 19.6. The summed E-state index contributed by atoms with van der Waals surface area (Å²) in [6.45, 7) is 6.45. The Labute approximate surface area is 165 Å². The number of Topliss-reactive ketones (excluding diaryl/α,β-unsaturated/α-hetero) is 1. The zero-order valence-corrected chi connectivity index (χ0v) is 16.4. The van der Waals surface area contributed by atoms with Crippen molar-refractivity contribution in [2.45, 2.75) is 39.0 Å². The minimum atomic E-state index is -0.127. The van der Waals surface area contributed by atoms with Crippen LogP contribution in [0.3, 0.4) is 0 Å². The predicted octanol–water partition coefficient (Wildman–Crippen LogP) is 6.19. The van der Waals surface area contributed by atoms with Crippen LogP contribution < -0.4 is 0 Å². The summed E-state index contributed by atoms with van der Waals surface area (Å²) < 4.78 is 0. The normalized spacial score (nSPS) is 15.0. The second kappa shape index (κ2) is 5.75. The van der Waals surface area contributed by atoms with Crippen LogP contribution in [0.2, 0.25) is 0 Å². The van der Waals surface area contributed by atoms with Crippen LogP contribution in [-0.4, -0.2) is 11.6 Å². The molecule has 0 N–H and O–H groups in total. The lowest BCUT2D eigenvalue weighted by molar-refractivity contribution is 0.0980. The number of ketones is 2. The number of carbonyl (C=O) groups excluding carboxylic acids is 2. The average molecular weight is 366 g/mol. The maximum absolute atomic E-state index is 13.1. The lowest BCUT2D eigenvalue weighted by Crippen LogP contribution is -2.15. The summed E-state index contributed by atoms with van der Waals surface area (Å²) in [6.07, 6.45) is 1.36. The third-order valence-electron chi connectivity index (χ3n) is 6.32. The average Bonchev–Trinajstić information content (AvgIpc) is 3.10. The summed E-state index contributed by atoms with van der Waals surface area (Å²) in [5.74, 6) is 0.202. The Morgan fingerprint density at radius 1 is 0.786 bits per heavy atom. The molecule has 138 valence electrons. The van der Waals surface area contributed by atoms with Crippen molar-refractivity contribution in [2.24, 2.45) is 0 Å². The Hall–Kier alpha value is -3.00. The number of hydrogen-bond donors (Lipinski definition) is 0. The molecule has 2 aliphatic rings. The molecule has 28 heavy (non-hydrogen) atoms. The van der Waals surface area contributed by atoms with Gasteiger partial charge in [-0.15, -0.1) is 0 Å². The van der Waals surface area contributed by atoms with E-state index in [9.17, 15) is 9.59 Å². The van der Waals surface area contributed by atoms with Gasteiger partial charge in [0.15, 0.2) is 11.6 Å². The van der Waals surface area contributed by atoms with Crippen molar-refractivity contribution in [1.82, 2.24) is 0 Å². The summed E-state index contributed by atoms with van der Waals surface area (Å²) >= 11 is 0. The van der Waals surface area contributed by atoms with Gasteiger partial charge in [-0.1, -0.05) is 51.1 Å². The summed E-state index contributed by atoms with van der Waals surface area (Å²) in [7, 11) is 0. The lowest BCUT2D eigenvalue weighted by Gasteiger charge is -2.21. The fraction of sp³-hybridized carbons (Fsp3) is 0.231. The summed E-state index contributed by atoms with van der Waals surface area (Å²) in [6, 6.07) is 18.3. The molecular weight excluding hydrogens is 344 g/mol. The van der Waals surface area contributed by atoms with Crippen LogP contribution in [0.5, 0.6) is 0 Å². The smallest absolute Gasteiger partial charge is 0.194 e. The zero-order valence-electron chi connectivity index (χ0n) is 16.4.